The van der Waals surface area contributed by atoms with Gasteiger partial charge in [-0.05, 0) is 30.2 Å². The molecular weight excluding hydrogens is 397 g/mol. The van der Waals surface area contributed by atoms with Crippen molar-refractivity contribution in [2.24, 2.45) is 4.99 Å². The maximum atomic E-state index is 13.4. The Labute approximate surface area is 179 Å². The first-order chi connectivity index (χ1) is 14.9. The van der Waals surface area contributed by atoms with Crippen molar-refractivity contribution in [2.75, 3.05) is 7.05 Å². The Morgan fingerprint density at radius 2 is 1.58 bits per heavy atom. The number of benzene rings is 2. The largest absolute Gasteiger partial charge is 0.328 e. The van der Waals surface area contributed by atoms with Crippen molar-refractivity contribution >= 4 is 17.9 Å². The van der Waals surface area contributed by atoms with E-state index < -0.39 is 18.2 Å². The van der Waals surface area contributed by atoms with Gasteiger partial charge in [0, 0.05) is 18.9 Å². The van der Waals surface area contributed by atoms with Crippen molar-refractivity contribution in [1.82, 2.24) is 19.6 Å². The standard InChI is InChI=1S/C23H22FN5O2/c1-15-12-28-19-20(25-22(28)27(15)13-16-6-4-3-5-7-16)26(2)23(31)29(21(19)30)14-17-8-10-18(24)11-9-17/h3-12,19-20H,13-14H2,1-2H3. The minimum atomic E-state index is -0.617. The predicted molar refractivity (Wildman–Crippen MR) is 113 cm³/mol. The summed E-state index contributed by atoms with van der Waals surface area (Å²) in [4.78, 5) is 37.7. The Kier molecular flexibility index (Phi) is 4.50. The fraction of sp³-hybridized carbons (Fsp3) is 0.261. The molecule has 1 saturated heterocycles. The van der Waals surface area contributed by atoms with E-state index in [0.29, 0.717) is 18.1 Å². The molecule has 0 spiro atoms. The van der Waals surface area contributed by atoms with Crippen molar-refractivity contribution in [3.63, 3.8) is 0 Å². The van der Waals surface area contributed by atoms with Crippen LogP contribution >= 0.6 is 0 Å². The van der Waals surface area contributed by atoms with Crippen LogP contribution < -0.4 is 0 Å². The molecule has 3 heterocycles. The second-order valence-electron chi connectivity index (χ2n) is 7.98. The summed E-state index contributed by atoms with van der Waals surface area (Å²) in [6.45, 7) is 2.70. The molecule has 0 bridgehead atoms. The average molecular weight is 419 g/mol. The lowest BCUT2D eigenvalue weighted by Crippen LogP contribution is -2.63. The van der Waals surface area contributed by atoms with Gasteiger partial charge in [0.25, 0.3) is 5.91 Å². The molecule has 3 aliphatic heterocycles. The van der Waals surface area contributed by atoms with E-state index in [2.05, 4.69) is 4.90 Å². The van der Waals surface area contributed by atoms with Crippen LogP contribution in [0, 0.1) is 5.82 Å². The Bertz CT molecular complexity index is 1100. The highest BCUT2D eigenvalue weighted by atomic mass is 19.1. The van der Waals surface area contributed by atoms with Gasteiger partial charge < -0.3 is 14.7 Å². The number of urea groups is 1. The summed E-state index contributed by atoms with van der Waals surface area (Å²) in [5, 5.41) is 0. The molecule has 0 radical (unpaired) electrons. The van der Waals surface area contributed by atoms with Crippen LogP contribution in [-0.4, -0.2) is 56.8 Å². The number of carbonyl (C=O) groups is 2. The van der Waals surface area contributed by atoms with Gasteiger partial charge in [-0.15, -0.1) is 0 Å². The molecule has 2 aromatic rings. The van der Waals surface area contributed by atoms with Gasteiger partial charge in [-0.1, -0.05) is 42.5 Å². The smallest absolute Gasteiger partial charge is 0.310 e. The number of likely N-dealkylation sites (N-methyl/N-ethyl adjacent to an activating group) is 1. The minimum absolute atomic E-state index is 0.0884. The SMILES string of the molecule is CC1=CN2C(=NC3C2C(=O)N(Cc2ccc(F)cc2)C(=O)N3C)N1Cc1ccccc1. The summed E-state index contributed by atoms with van der Waals surface area (Å²) in [6, 6.07) is 14.8. The van der Waals surface area contributed by atoms with Crippen molar-refractivity contribution < 1.29 is 14.0 Å². The molecule has 0 aromatic heterocycles. The van der Waals surface area contributed by atoms with Gasteiger partial charge in [0.1, 0.15) is 5.82 Å². The van der Waals surface area contributed by atoms with Crippen LogP contribution in [0.1, 0.15) is 18.1 Å². The summed E-state index contributed by atoms with van der Waals surface area (Å²) >= 11 is 0. The van der Waals surface area contributed by atoms with Gasteiger partial charge in [0.15, 0.2) is 12.2 Å². The molecule has 2 aromatic carbocycles. The van der Waals surface area contributed by atoms with Crippen LogP contribution in [0.25, 0.3) is 0 Å². The Hall–Kier alpha value is -3.68. The maximum absolute atomic E-state index is 13.4. The molecule has 31 heavy (non-hydrogen) atoms. The number of hydrogen-bond donors (Lipinski definition) is 0. The summed E-state index contributed by atoms with van der Waals surface area (Å²) in [5.41, 5.74) is 2.80. The molecule has 8 heteroatoms. The van der Waals surface area contributed by atoms with Crippen LogP contribution in [0.5, 0.6) is 0 Å². The van der Waals surface area contributed by atoms with Gasteiger partial charge in [-0.3, -0.25) is 9.69 Å². The summed E-state index contributed by atoms with van der Waals surface area (Å²) in [7, 11) is 1.66. The zero-order valence-electron chi connectivity index (χ0n) is 17.3. The van der Waals surface area contributed by atoms with Crippen molar-refractivity contribution in [3.8, 4) is 0 Å². The average Bonchev–Trinajstić information content (AvgIpc) is 3.28. The number of nitrogens with zero attached hydrogens (tertiary/aromatic N) is 5. The van der Waals surface area contributed by atoms with Gasteiger partial charge in [-0.2, -0.15) is 0 Å². The van der Waals surface area contributed by atoms with Crippen LogP contribution in [0.3, 0.4) is 0 Å². The number of guanidine groups is 1. The molecule has 5 rings (SSSR count). The number of aliphatic imine (C=N–C) groups is 1. The van der Waals surface area contributed by atoms with Crippen LogP contribution in [-0.2, 0) is 17.9 Å². The number of carbonyl (C=O) groups excluding carboxylic acids is 2. The molecule has 2 unspecified atom stereocenters. The second-order valence-corrected chi connectivity index (χ2v) is 7.98. The third-order valence-corrected chi connectivity index (χ3v) is 5.94. The lowest BCUT2D eigenvalue weighted by atomic mass is 10.1. The quantitative estimate of drug-likeness (QED) is 0.765. The highest BCUT2D eigenvalue weighted by molar-refractivity contribution is 6.04. The fourth-order valence-corrected chi connectivity index (χ4v) is 4.28. The molecule has 158 valence electrons. The number of fused-ring (bicyclic) bond motifs is 3. The molecule has 3 aliphatic rings. The topological polar surface area (TPSA) is 59.5 Å². The van der Waals surface area contributed by atoms with E-state index in [1.165, 1.54) is 21.9 Å². The number of imide groups is 1. The lowest BCUT2D eigenvalue weighted by Gasteiger charge is -2.40. The first-order valence-electron chi connectivity index (χ1n) is 10.1. The Morgan fingerprint density at radius 3 is 2.29 bits per heavy atom. The van der Waals surface area contributed by atoms with E-state index >= 15 is 0 Å². The van der Waals surface area contributed by atoms with E-state index in [1.807, 2.05) is 48.4 Å². The lowest BCUT2D eigenvalue weighted by molar-refractivity contribution is -0.137. The van der Waals surface area contributed by atoms with Gasteiger partial charge in [0.2, 0.25) is 5.96 Å². The maximum Gasteiger partial charge on any atom is 0.328 e. The third kappa shape index (κ3) is 3.15. The number of allylic oxidation sites excluding steroid dienone is 1. The van der Waals surface area contributed by atoms with Gasteiger partial charge in [0.05, 0.1) is 13.1 Å². The highest BCUT2D eigenvalue weighted by Gasteiger charge is 2.54. The highest BCUT2D eigenvalue weighted by Crippen LogP contribution is 2.35. The number of rotatable bonds is 4. The van der Waals surface area contributed by atoms with Crippen molar-refractivity contribution in [1.29, 1.82) is 0 Å². The molecule has 0 saturated carbocycles. The number of amides is 3. The minimum Gasteiger partial charge on any atom is -0.310 e. The molecule has 0 aliphatic carbocycles. The Morgan fingerprint density at radius 1 is 0.935 bits per heavy atom. The molecular formula is C23H22FN5O2. The van der Waals surface area contributed by atoms with Crippen LogP contribution in [0.15, 0.2) is 71.5 Å². The van der Waals surface area contributed by atoms with E-state index in [4.69, 9.17) is 4.99 Å². The van der Waals surface area contributed by atoms with Gasteiger partial charge >= 0.3 is 6.03 Å². The van der Waals surface area contributed by atoms with E-state index in [9.17, 15) is 14.0 Å². The van der Waals surface area contributed by atoms with E-state index in [-0.39, 0.29) is 18.3 Å². The molecule has 2 atom stereocenters. The van der Waals surface area contributed by atoms with E-state index in [1.54, 1.807) is 19.2 Å². The fourth-order valence-electron chi connectivity index (χ4n) is 4.28. The number of halogens is 1. The first kappa shape index (κ1) is 19.3. The second kappa shape index (κ2) is 7.23. The first-order valence-corrected chi connectivity index (χ1v) is 10.1. The predicted octanol–water partition coefficient (Wildman–Crippen LogP) is 2.96. The Balaban J connectivity index is 1.42. The molecule has 3 amide bonds. The van der Waals surface area contributed by atoms with Crippen LogP contribution in [0.2, 0.25) is 0 Å². The van der Waals surface area contributed by atoms with Crippen LogP contribution in [0.4, 0.5) is 9.18 Å². The van der Waals surface area contributed by atoms with E-state index in [0.717, 1.165) is 11.3 Å². The van der Waals surface area contributed by atoms with Crippen molar-refractivity contribution in [3.05, 3.63) is 83.4 Å². The zero-order chi connectivity index (χ0) is 21.7. The summed E-state index contributed by atoms with van der Waals surface area (Å²) in [5.74, 6) is 0.0111. The third-order valence-electron chi connectivity index (χ3n) is 5.94. The zero-order valence-corrected chi connectivity index (χ0v) is 17.3. The molecule has 1 fully saturated rings. The molecule has 7 nitrogen and oxygen atoms in total. The van der Waals surface area contributed by atoms with Gasteiger partial charge in [-0.25, -0.2) is 14.2 Å². The summed E-state index contributed by atoms with van der Waals surface area (Å²) < 4.78 is 13.2. The molecule has 0 N–H and O–H groups in total. The normalized spacial score (nSPS) is 22.5. The van der Waals surface area contributed by atoms with Crippen molar-refractivity contribution in [2.45, 2.75) is 32.2 Å². The monoisotopic (exact) mass is 419 g/mol. The number of hydrogen-bond acceptors (Lipinski definition) is 5. The summed E-state index contributed by atoms with van der Waals surface area (Å²) in [6.07, 6.45) is 1.34.